The van der Waals surface area contributed by atoms with Gasteiger partial charge in [0.2, 0.25) is 5.91 Å². The molecule has 0 saturated carbocycles. The predicted octanol–water partition coefficient (Wildman–Crippen LogP) is 3.91. The van der Waals surface area contributed by atoms with Crippen LogP contribution in [0, 0.1) is 11.6 Å². The van der Waals surface area contributed by atoms with E-state index in [2.05, 4.69) is 21.2 Å². The molecule has 0 aliphatic rings. The van der Waals surface area contributed by atoms with Crippen molar-refractivity contribution >= 4 is 27.5 Å². The van der Waals surface area contributed by atoms with Gasteiger partial charge in [0.1, 0.15) is 11.6 Å². The monoisotopic (exact) mass is 325 g/mol. The summed E-state index contributed by atoms with van der Waals surface area (Å²) in [5.41, 5.74) is 0.765. The van der Waals surface area contributed by atoms with Crippen molar-refractivity contribution in [3.63, 3.8) is 0 Å². The second kappa shape index (κ2) is 5.93. The van der Waals surface area contributed by atoms with Crippen LogP contribution in [0.5, 0.6) is 0 Å². The zero-order chi connectivity index (χ0) is 13.8. The molecular formula is C14H10BrF2NO. The minimum atomic E-state index is -0.720. The Bertz CT molecular complexity index is 616. The summed E-state index contributed by atoms with van der Waals surface area (Å²) in [6.45, 7) is 0. The molecule has 0 aromatic heterocycles. The van der Waals surface area contributed by atoms with Gasteiger partial charge in [-0.15, -0.1) is 0 Å². The zero-order valence-corrected chi connectivity index (χ0v) is 11.4. The fourth-order valence-corrected chi connectivity index (χ4v) is 1.98. The Kier molecular flexibility index (Phi) is 4.27. The fourth-order valence-electron chi connectivity index (χ4n) is 1.60. The van der Waals surface area contributed by atoms with Crippen molar-refractivity contribution in [2.45, 2.75) is 6.42 Å². The average Bonchev–Trinajstić information content (AvgIpc) is 2.36. The molecule has 0 atom stereocenters. The molecule has 2 rings (SSSR count). The molecule has 0 heterocycles. The van der Waals surface area contributed by atoms with Crippen LogP contribution in [0.4, 0.5) is 14.5 Å². The number of halogens is 3. The van der Waals surface area contributed by atoms with Crippen LogP contribution < -0.4 is 5.32 Å². The lowest BCUT2D eigenvalue weighted by Crippen LogP contribution is -2.15. The molecule has 0 aliphatic carbocycles. The van der Waals surface area contributed by atoms with Crippen LogP contribution in [0.3, 0.4) is 0 Å². The summed E-state index contributed by atoms with van der Waals surface area (Å²) in [6, 6.07) is 10.3. The van der Waals surface area contributed by atoms with Crippen molar-refractivity contribution in [2.75, 3.05) is 5.32 Å². The summed E-state index contributed by atoms with van der Waals surface area (Å²) >= 11 is 3.30. The van der Waals surface area contributed by atoms with Gasteiger partial charge in [-0.3, -0.25) is 4.79 Å². The van der Waals surface area contributed by atoms with Gasteiger partial charge in [0, 0.05) is 10.5 Å². The molecule has 1 N–H and O–H groups in total. The zero-order valence-electron chi connectivity index (χ0n) is 9.79. The molecule has 0 saturated heterocycles. The number of carbonyl (C=O) groups excluding carboxylic acids is 1. The Hall–Kier alpha value is -1.75. The maximum absolute atomic E-state index is 13.4. The Morgan fingerprint density at radius 1 is 1.16 bits per heavy atom. The molecule has 19 heavy (non-hydrogen) atoms. The molecule has 2 aromatic carbocycles. The lowest BCUT2D eigenvalue weighted by Gasteiger charge is -2.07. The number of para-hydroxylation sites is 1. The average molecular weight is 326 g/mol. The number of nitrogens with one attached hydrogen (secondary N) is 1. The van der Waals surface area contributed by atoms with Gasteiger partial charge in [0.15, 0.2) is 0 Å². The van der Waals surface area contributed by atoms with Gasteiger partial charge in [-0.25, -0.2) is 8.78 Å². The third-order valence-electron chi connectivity index (χ3n) is 2.51. The summed E-state index contributed by atoms with van der Waals surface area (Å²) in [5, 5.41) is 2.65. The van der Waals surface area contributed by atoms with Crippen LogP contribution in [0.15, 0.2) is 46.9 Å². The third-order valence-corrected chi connectivity index (χ3v) is 3.21. The van der Waals surface area contributed by atoms with E-state index in [1.807, 2.05) is 6.07 Å². The van der Waals surface area contributed by atoms with Gasteiger partial charge in [-0.2, -0.15) is 0 Å². The van der Waals surface area contributed by atoms with E-state index < -0.39 is 11.6 Å². The number of amides is 1. The second-order valence-corrected chi connectivity index (χ2v) is 4.79. The SMILES string of the molecule is O=C(Cc1ccc(F)cc1F)Nc1ccccc1Br. The first-order valence-corrected chi connectivity index (χ1v) is 6.34. The lowest BCUT2D eigenvalue weighted by atomic mass is 10.1. The minimum Gasteiger partial charge on any atom is -0.325 e. The van der Waals surface area contributed by atoms with Gasteiger partial charge < -0.3 is 5.32 Å². The van der Waals surface area contributed by atoms with E-state index in [0.717, 1.165) is 16.6 Å². The van der Waals surface area contributed by atoms with Crippen molar-refractivity contribution < 1.29 is 13.6 Å². The molecule has 98 valence electrons. The second-order valence-electron chi connectivity index (χ2n) is 3.94. The highest BCUT2D eigenvalue weighted by atomic mass is 79.9. The quantitative estimate of drug-likeness (QED) is 0.910. The lowest BCUT2D eigenvalue weighted by molar-refractivity contribution is -0.115. The van der Waals surface area contributed by atoms with Gasteiger partial charge in [-0.05, 0) is 39.7 Å². The topological polar surface area (TPSA) is 29.1 Å². The molecule has 2 nitrogen and oxygen atoms in total. The molecule has 0 radical (unpaired) electrons. The molecule has 0 spiro atoms. The molecular weight excluding hydrogens is 316 g/mol. The Balaban J connectivity index is 2.08. The van der Waals surface area contributed by atoms with Crippen LogP contribution in [0.25, 0.3) is 0 Å². The van der Waals surface area contributed by atoms with Crippen LogP contribution >= 0.6 is 15.9 Å². The maximum atomic E-state index is 13.4. The van der Waals surface area contributed by atoms with E-state index >= 15 is 0 Å². The summed E-state index contributed by atoms with van der Waals surface area (Å²) in [6.07, 6.45) is -0.145. The molecule has 5 heteroatoms. The number of benzene rings is 2. The van der Waals surface area contributed by atoms with Crippen LogP contribution in [-0.4, -0.2) is 5.91 Å². The normalized spacial score (nSPS) is 10.3. The standard InChI is InChI=1S/C14H10BrF2NO/c15-11-3-1-2-4-13(11)18-14(19)7-9-5-6-10(16)8-12(9)17/h1-6,8H,7H2,(H,18,19). The number of carbonyl (C=O) groups is 1. The first-order valence-electron chi connectivity index (χ1n) is 5.54. The minimum absolute atomic E-state index is 0.145. The summed E-state index contributed by atoms with van der Waals surface area (Å²) in [5.74, 6) is -1.74. The molecule has 1 amide bonds. The van der Waals surface area contributed by atoms with Gasteiger partial charge in [-0.1, -0.05) is 18.2 Å². The molecule has 0 aliphatic heterocycles. The van der Waals surface area contributed by atoms with E-state index in [9.17, 15) is 13.6 Å². The smallest absolute Gasteiger partial charge is 0.228 e. The summed E-state index contributed by atoms with van der Waals surface area (Å²) in [4.78, 5) is 11.8. The Morgan fingerprint density at radius 3 is 2.58 bits per heavy atom. The summed E-state index contributed by atoms with van der Waals surface area (Å²) in [7, 11) is 0. The number of anilines is 1. The van der Waals surface area contributed by atoms with Crippen molar-refractivity contribution in [2.24, 2.45) is 0 Å². The number of rotatable bonds is 3. The van der Waals surface area contributed by atoms with E-state index in [0.29, 0.717) is 5.69 Å². The fraction of sp³-hybridized carbons (Fsp3) is 0.0714. The van der Waals surface area contributed by atoms with Gasteiger partial charge in [0.25, 0.3) is 0 Å². The summed E-state index contributed by atoms with van der Waals surface area (Å²) < 4.78 is 26.9. The largest absolute Gasteiger partial charge is 0.325 e. The van der Waals surface area contributed by atoms with E-state index in [4.69, 9.17) is 0 Å². The first kappa shape index (κ1) is 13.7. The highest BCUT2D eigenvalue weighted by molar-refractivity contribution is 9.10. The Labute approximate surface area is 117 Å². The molecule has 2 aromatic rings. The highest BCUT2D eigenvalue weighted by Gasteiger charge is 2.10. The highest BCUT2D eigenvalue weighted by Crippen LogP contribution is 2.21. The van der Waals surface area contributed by atoms with Crippen molar-refractivity contribution in [3.05, 3.63) is 64.1 Å². The number of hydrogen-bond acceptors (Lipinski definition) is 1. The van der Waals surface area contributed by atoms with Crippen molar-refractivity contribution in [1.29, 1.82) is 0 Å². The molecule has 0 unspecified atom stereocenters. The number of hydrogen-bond donors (Lipinski definition) is 1. The third kappa shape index (κ3) is 3.61. The maximum Gasteiger partial charge on any atom is 0.228 e. The van der Waals surface area contributed by atoms with E-state index in [1.165, 1.54) is 6.07 Å². The molecule has 0 bridgehead atoms. The van der Waals surface area contributed by atoms with Crippen LogP contribution in [-0.2, 0) is 11.2 Å². The van der Waals surface area contributed by atoms with Gasteiger partial charge in [0.05, 0.1) is 12.1 Å². The van der Waals surface area contributed by atoms with Crippen molar-refractivity contribution in [3.8, 4) is 0 Å². The van der Waals surface area contributed by atoms with E-state index in [1.54, 1.807) is 18.2 Å². The molecule has 0 fully saturated rings. The van der Waals surface area contributed by atoms with Gasteiger partial charge >= 0.3 is 0 Å². The Morgan fingerprint density at radius 2 is 1.89 bits per heavy atom. The van der Waals surface area contributed by atoms with Crippen molar-refractivity contribution in [1.82, 2.24) is 0 Å². The first-order chi connectivity index (χ1) is 9.06. The predicted molar refractivity (Wildman–Crippen MR) is 72.8 cm³/mol. The van der Waals surface area contributed by atoms with E-state index in [-0.39, 0.29) is 17.9 Å². The van der Waals surface area contributed by atoms with Crippen LogP contribution in [0.2, 0.25) is 0 Å². The van der Waals surface area contributed by atoms with Crippen LogP contribution in [0.1, 0.15) is 5.56 Å².